The molecule has 2 aromatic rings. The summed E-state index contributed by atoms with van der Waals surface area (Å²) in [6.07, 6.45) is 7.76. The second-order valence-electron chi connectivity index (χ2n) is 9.45. The van der Waals surface area contributed by atoms with Gasteiger partial charge in [0.25, 0.3) is 0 Å². The van der Waals surface area contributed by atoms with Gasteiger partial charge in [0.05, 0.1) is 0 Å². The summed E-state index contributed by atoms with van der Waals surface area (Å²) in [5.74, 6) is 0.00116. The number of unbranched alkanes of at least 4 members (excludes halogenated alkanes) is 5. The Morgan fingerprint density at radius 1 is 0.742 bits per heavy atom. The van der Waals surface area contributed by atoms with Crippen LogP contribution >= 0.6 is 0 Å². The second-order valence-corrected chi connectivity index (χ2v) is 23.9. The van der Waals surface area contributed by atoms with Gasteiger partial charge in [0.2, 0.25) is 0 Å². The maximum absolute atomic E-state index is 12.5. The average Bonchev–Trinajstić information content (AvgIpc) is 2.76. The molecule has 0 spiro atoms. The van der Waals surface area contributed by atoms with Crippen molar-refractivity contribution in [3.8, 4) is 11.1 Å². The Balaban J connectivity index is 1.76. The number of carbonyl (C=O) groups excluding carboxylic acids is 2. The number of nitrogens with one attached hydrogen (secondary N) is 1. The minimum absolute atomic E-state index is 0.0252. The Labute approximate surface area is 192 Å². The zero-order chi connectivity index (χ0) is 22.7. The topological polar surface area (TPSA) is 46.2 Å². The van der Waals surface area contributed by atoms with Gasteiger partial charge in [0, 0.05) is 6.54 Å². The molecule has 0 aliphatic rings. The van der Waals surface area contributed by atoms with E-state index in [1.54, 1.807) is 0 Å². The van der Waals surface area contributed by atoms with Crippen LogP contribution in [0.5, 0.6) is 0 Å². The van der Waals surface area contributed by atoms with E-state index in [4.69, 9.17) is 0 Å². The van der Waals surface area contributed by atoms with Crippen molar-refractivity contribution in [1.82, 2.24) is 5.32 Å². The van der Waals surface area contributed by atoms with E-state index in [2.05, 4.69) is 51.3 Å². The van der Waals surface area contributed by atoms with Crippen molar-refractivity contribution in [2.24, 2.45) is 0 Å². The standard InChI is InChI=1S/C24H30NO2.3CH3.Sn/c1-2-3-4-5-6-10-19-25-24(27)18-17-23(26)22-15-13-21(14-16-22)20-11-8-7-9-12-20;;;;/h8-9,11-16H,2-6,10,17-19H2,1H3,(H,25,27);3*1H3;. The van der Waals surface area contributed by atoms with Crippen molar-refractivity contribution in [2.75, 3.05) is 6.54 Å². The quantitative estimate of drug-likeness (QED) is 0.188. The molecule has 1 N–H and O–H groups in total. The monoisotopic (exact) mass is 529 g/mol. The van der Waals surface area contributed by atoms with Gasteiger partial charge in [-0.1, -0.05) is 39.0 Å². The van der Waals surface area contributed by atoms with E-state index in [-0.39, 0.29) is 24.5 Å². The maximum atomic E-state index is 12.5. The van der Waals surface area contributed by atoms with E-state index in [1.165, 1.54) is 34.8 Å². The summed E-state index contributed by atoms with van der Waals surface area (Å²) in [6, 6.07) is 16.6. The van der Waals surface area contributed by atoms with Crippen LogP contribution in [0.2, 0.25) is 14.8 Å². The summed E-state index contributed by atoms with van der Waals surface area (Å²) >= 11 is -2.03. The van der Waals surface area contributed by atoms with Crippen molar-refractivity contribution < 1.29 is 9.59 Å². The van der Waals surface area contributed by atoms with Gasteiger partial charge in [-0.3, -0.25) is 4.79 Å². The van der Waals surface area contributed by atoms with E-state index >= 15 is 0 Å². The van der Waals surface area contributed by atoms with Crippen molar-refractivity contribution >= 4 is 33.6 Å². The summed E-state index contributed by atoms with van der Waals surface area (Å²) in [5, 5.41) is 2.94. The fourth-order valence-corrected chi connectivity index (χ4v) is 6.93. The molecule has 0 heterocycles. The van der Waals surface area contributed by atoms with Crippen LogP contribution in [0.4, 0.5) is 0 Å². The number of Topliss-reactive ketones (excluding diaryl/α,β-unsaturated/α-hetero) is 1. The normalized spacial score (nSPS) is 11.4. The summed E-state index contributed by atoms with van der Waals surface area (Å²) in [6.45, 7) is 2.93. The van der Waals surface area contributed by atoms with Gasteiger partial charge < -0.3 is 5.32 Å². The first-order valence-corrected chi connectivity index (χ1v) is 21.8. The second kappa shape index (κ2) is 13.0. The molecule has 2 rings (SSSR count). The molecule has 2 aromatic carbocycles. The third-order valence-electron chi connectivity index (χ3n) is 5.72. The molecule has 0 unspecified atom stereocenters. The number of benzene rings is 2. The number of rotatable bonds is 13. The number of hydrogen-bond donors (Lipinski definition) is 1. The van der Waals surface area contributed by atoms with Crippen LogP contribution in [0.15, 0.2) is 48.5 Å². The third-order valence-corrected chi connectivity index (χ3v) is 11.6. The summed E-state index contributed by atoms with van der Waals surface area (Å²) in [4.78, 5) is 31.7. The molecule has 0 bridgehead atoms. The molecule has 1 amide bonds. The molecular formula is C27H39NO2Sn. The van der Waals surface area contributed by atoms with Crippen molar-refractivity contribution in [1.29, 1.82) is 0 Å². The van der Waals surface area contributed by atoms with E-state index in [1.807, 2.05) is 24.3 Å². The molecule has 0 radical (unpaired) electrons. The molecule has 0 aliphatic carbocycles. The van der Waals surface area contributed by atoms with Gasteiger partial charge in [-0.2, -0.15) is 0 Å². The molecule has 0 aromatic heterocycles. The first kappa shape index (κ1) is 25.6. The molecule has 168 valence electrons. The summed E-state index contributed by atoms with van der Waals surface area (Å²) < 4.78 is 1.51. The molecular weight excluding hydrogens is 489 g/mol. The first-order chi connectivity index (χ1) is 14.8. The molecule has 0 aliphatic heterocycles. The number of ketones is 1. The van der Waals surface area contributed by atoms with E-state index in [9.17, 15) is 9.59 Å². The van der Waals surface area contributed by atoms with Crippen LogP contribution in [0.25, 0.3) is 11.1 Å². The van der Waals surface area contributed by atoms with Gasteiger partial charge in [0.1, 0.15) is 0 Å². The zero-order valence-electron chi connectivity index (χ0n) is 19.8. The van der Waals surface area contributed by atoms with Crippen LogP contribution in [0.1, 0.15) is 68.6 Å². The van der Waals surface area contributed by atoms with Crippen LogP contribution in [-0.4, -0.2) is 36.6 Å². The van der Waals surface area contributed by atoms with Crippen LogP contribution < -0.4 is 8.90 Å². The van der Waals surface area contributed by atoms with Crippen molar-refractivity contribution in [2.45, 2.75) is 73.1 Å². The Hall–Kier alpha value is -1.62. The Kier molecular flexibility index (Phi) is 10.8. The van der Waals surface area contributed by atoms with E-state index in [0.29, 0.717) is 12.1 Å². The van der Waals surface area contributed by atoms with Gasteiger partial charge in [-0.15, -0.1) is 0 Å². The summed E-state index contributed by atoms with van der Waals surface area (Å²) in [7, 11) is 0. The predicted molar refractivity (Wildman–Crippen MR) is 135 cm³/mol. The molecule has 0 fully saturated rings. The molecule has 0 atom stereocenters. The van der Waals surface area contributed by atoms with Crippen LogP contribution in [-0.2, 0) is 4.79 Å². The van der Waals surface area contributed by atoms with Crippen molar-refractivity contribution in [3.05, 3.63) is 54.1 Å². The van der Waals surface area contributed by atoms with Crippen LogP contribution in [0, 0.1) is 0 Å². The van der Waals surface area contributed by atoms with Crippen molar-refractivity contribution in [3.63, 3.8) is 0 Å². The van der Waals surface area contributed by atoms with Gasteiger partial charge in [-0.25, -0.2) is 0 Å². The van der Waals surface area contributed by atoms with E-state index < -0.39 is 18.4 Å². The van der Waals surface area contributed by atoms with Gasteiger partial charge in [0.15, 0.2) is 0 Å². The summed E-state index contributed by atoms with van der Waals surface area (Å²) in [5.41, 5.74) is 2.96. The Morgan fingerprint density at radius 2 is 1.29 bits per heavy atom. The molecule has 31 heavy (non-hydrogen) atoms. The molecule has 0 saturated heterocycles. The van der Waals surface area contributed by atoms with Gasteiger partial charge >= 0.3 is 131 Å². The Bertz CT molecular complexity index is 820. The van der Waals surface area contributed by atoms with Crippen LogP contribution in [0.3, 0.4) is 0 Å². The Morgan fingerprint density at radius 3 is 1.87 bits per heavy atom. The molecule has 3 nitrogen and oxygen atoms in total. The number of amides is 1. The van der Waals surface area contributed by atoms with E-state index in [0.717, 1.165) is 18.4 Å². The number of hydrogen-bond acceptors (Lipinski definition) is 2. The molecule has 0 saturated carbocycles. The SMILES string of the molecule is CCCCCCCCNC(=O)CCC(=O)c1ccc(-c2cc[c]([Sn]([CH3])([CH3])[CH3])cc2)cc1. The minimum atomic E-state index is -2.03. The fraction of sp³-hybridized carbons (Fsp3) is 0.481. The number of carbonyl (C=O) groups is 2. The first-order valence-electron chi connectivity index (χ1n) is 11.8. The van der Waals surface area contributed by atoms with Gasteiger partial charge in [-0.05, 0) is 6.42 Å². The fourth-order valence-electron chi connectivity index (χ4n) is 3.60. The third kappa shape index (κ3) is 9.18. The average molecular weight is 528 g/mol. The zero-order valence-corrected chi connectivity index (χ0v) is 22.7. The predicted octanol–water partition coefficient (Wildman–Crippen LogP) is 6.34. The molecule has 4 heteroatoms.